The first kappa shape index (κ1) is 24.0. The molecule has 0 atom stereocenters. The number of aromatic nitrogens is 1. The number of nitriles is 1. The van der Waals surface area contributed by atoms with E-state index in [0.29, 0.717) is 16.8 Å². The van der Waals surface area contributed by atoms with E-state index >= 15 is 0 Å². The van der Waals surface area contributed by atoms with Crippen LogP contribution in [0.1, 0.15) is 41.4 Å². The zero-order valence-corrected chi connectivity index (χ0v) is 19.9. The third-order valence-electron chi connectivity index (χ3n) is 5.82. The monoisotopic (exact) mass is 472 g/mol. The number of carbonyl (C=O) groups is 2. The summed E-state index contributed by atoms with van der Waals surface area (Å²) in [4.78, 5) is 29.6. The van der Waals surface area contributed by atoms with Crippen molar-refractivity contribution in [2.45, 2.75) is 26.2 Å². The summed E-state index contributed by atoms with van der Waals surface area (Å²) in [5.74, 6) is -0.475. The number of likely N-dealkylation sites (N-methyl/N-ethyl adjacent to an activating group) is 1. The number of unbranched alkanes of at least 4 members (excludes halogenated alkanes) is 1. The molecule has 2 aromatic heterocycles. The number of nitrogens with zero attached hydrogens (tertiary/aromatic N) is 2. The summed E-state index contributed by atoms with van der Waals surface area (Å²) in [7, 11) is 1.93. The maximum absolute atomic E-state index is 12.5. The molecule has 0 fully saturated rings. The molecule has 0 bridgehead atoms. The Morgan fingerprint density at radius 3 is 2.83 bits per heavy atom. The second-order valence-electron chi connectivity index (χ2n) is 8.51. The highest BCUT2D eigenvalue weighted by molar-refractivity contribution is 5.97. The van der Waals surface area contributed by atoms with Gasteiger partial charge in [0.25, 0.3) is 0 Å². The van der Waals surface area contributed by atoms with Gasteiger partial charge in [0.1, 0.15) is 5.58 Å². The summed E-state index contributed by atoms with van der Waals surface area (Å²) in [5, 5.41) is 13.9. The molecule has 0 aliphatic carbocycles. The fraction of sp³-hybridized carbons (Fsp3) is 0.296. The summed E-state index contributed by atoms with van der Waals surface area (Å²) in [6, 6.07) is 14.7. The lowest BCUT2D eigenvalue weighted by atomic mass is 10.1. The first-order valence-electron chi connectivity index (χ1n) is 11.7. The highest BCUT2D eigenvalue weighted by Crippen LogP contribution is 2.24. The van der Waals surface area contributed by atoms with E-state index in [4.69, 9.17) is 14.4 Å². The van der Waals surface area contributed by atoms with Crippen molar-refractivity contribution in [2.75, 3.05) is 32.1 Å². The second-order valence-corrected chi connectivity index (χ2v) is 8.51. The van der Waals surface area contributed by atoms with Gasteiger partial charge in [-0.05, 0) is 87.8 Å². The van der Waals surface area contributed by atoms with Crippen LogP contribution in [-0.4, -0.2) is 48.5 Å². The van der Waals surface area contributed by atoms with Crippen LogP contribution >= 0.6 is 0 Å². The lowest BCUT2D eigenvalue weighted by Gasteiger charge is -2.16. The fourth-order valence-electron chi connectivity index (χ4n) is 4.10. The Morgan fingerprint density at radius 2 is 2.03 bits per heavy atom. The predicted molar refractivity (Wildman–Crippen MR) is 134 cm³/mol. The van der Waals surface area contributed by atoms with Crippen molar-refractivity contribution in [1.29, 1.82) is 5.26 Å². The van der Waals surface area contributed by atoms with Gasteiger partial charge in [0, 0.05) is 28.2 Å². The van der Waals surface area contributed by atoms with Crippen LogP contribution in [0.4, 0.5) is 5.69 Å². The SMILES string of the molecule is CCOC(=O)c1cc2cc(NC(=O)CN(C)CCCCc3c[nH]c4ccc(C#N)cc34)ccc2o1. The van der Waals surface area contributed by atoms with Gasteiger partial charge in [0.2, 0.25) is 11.7 Å². The summed E-state index contributed by atoms with van der Waals surface area (Å²) in [5.41, 5.74) is 4.11. The fourth-order valence-corrected chi connectivity index (χ4v) is 4.10. The number of esters is 1. The molecule has 0 unspecified atom stereocenters. The second kappa shape index (κ2) is 10.9. The summed E-state index contributed by atoms with van der Waals surface area (Å²) in [6.45, 7) is 3.08. The standard InChI is InChI=1S/C27H28N4O4/c1-3-34-27(33)25-14-20-13-21(8-10-24(20)35-25)30-26(32)17-31(2)11-5-4-6-19-16-29-23-9-7-18(15-28)12-22(19)23/h7-10,12-14,16,29H,3-6,11,17H2,1-2H3,(H,30,32). The smallest absolute Gasteiger partial charge is 0.374 e. The quantitative estimate of drug-likeness (QED) is 0.252. The van der Waals surface area contributed by atoms with Crippen LogP contribution in [0.5, 0.6) is 0 Å². The van der Waals surface area contributed by atoms with Crippen LogP contribution in [0, 0.1) is 11.3 Å². The molecule has 8 heteroatoms. The minimum atomic E-state index is -0.507. The van der Waals surface area contributed by atoms with Crippen LogP contribution in [0.15, 0.2) is 53.1 Å². The van der Waals surface area contributed by atoms with Gasteiger partial charge in [-0.15, -0.1) is 0 Å². The van der Waals surface area contributed by atoms with Gasteiger partial charge in [-0.2, -0.15) is 5.26 Å². The van der Waals surface area contributed by atoms with Gasteiger partial charge < -0.3 is 19.5 Å². The summed E-state index contributed by atoms with van der Waals surface area (Å²) < 4.78 is 10.5. The molecule has 35 heavy (non-hydrogen) atoms. The Hall–Kier alpha value is -4.09. The molecule has 4 rings (SSSR count). The average Bonchev–Trinajstić information content (AvgIpc) is 3.45. The molecule has 8 nitrogen and oxygen atoms in total. The van der Waals surface area contributed by atoms with Crippen LogP contribution in [0.3, 0.4) is 0 Å². The maximum atomic E-state index is 12.5. The number of carbonyl (C=O) groups excluding carboxylic acids is 2. The molecule has 1 amide bonds. The van der Waals surface area contributed by atoms with E-state index in [0.717, 1.165) is 42.1 Å². The molecule has 0 aliphatic rings. The van der Waals surface area contributed by atoms with Crippen molar-refractivity contribution in [3.63, 3.8) is 0 Å². The number of fused-ring (bicyclic) bond motifs is 2. The number of furan rings is 1. The van der Waals surface area contributed by atoms with E-state index in [9.17, 15) is 9.59 Å². The molecular weight excluding hydrogens is 444 g/mol. The number of benzene rings is 2. The van der Waals surface area contributed by atoms with E-state index in [1.807, 2.05) is 36.3 Å². The van der Waals surface area contributed by atoms with Gasteiger partial charge in [-0.1, -0.05) is 0 Å². The number of nitrogens with one attached hydrogen (secondary N) is 2. The topological polar surface area (TPSA) is 111 Å². The molecule has 0 aliphatic heterocycles. The number of hydrogen-bond acceptors (Lipinski definition) is 6. The Morgan fingerprint density at radius 1 is 1.17 bits per heavy atom. The Kier molecular flexibility index (Phi) is 7.48. The van der Waals surface area contributed by atoms with Crippen molar-refractivity contribution >= 4 is 39.4 Å². The Balaban J connectivity index is 1.24. The molecule has 0 saturated heterocycles. The van der Waals surface area contributed by atoms with E-state index < -0.39 is 5.97 Å². The highest BCUT2D eigenvalue weighted by Gasteiger charge is 2.14. The largest absolute Gasteiger partial charge is 0.460 e. The summed E-state index contributed by atoms with van der Waals surface area (Å²) >= 11 is 0. The van der Waals surface area contributed by atoms with Crippen molar-refractivity contribution < 1.29 is 18.7 Å². The number of ether oxygens (including phenoxy) is 1. The number of H-pyrrole nitrogens is 1. The number of aryl methyl sites for hydroxylation is 1. The number of anilines is 1. The van der Waals surface area contributed by atoms with Crippen LogP contribution in [0.25, 0.3) is 21.9 Å². The molecule has 4 aromatic rings. The van der Waals surface area contributed by atoms with Crippen LogP contribution in [0.2, 0.25) is 0 Å². The number of hydrogen-bond donors (Lipinski definition) is 2. The predicted octanol–water partition coefficient (Wildman–Crippen LogP) is 4.86. The zero-order chi connectivity index (χ0) is 24.8. The van der Waals surface area contributed by atoms with Crippen molar-refractivity contribution in [1.82, 2.24) is 9.88 Å². The Labute approximate surface area is 203 Å². The van der Waals surface area contributed by atoms with Gasteiger partial charge in [0.15, 0.2) is 0 Å². The summed E-state index contributed by atoms with van der Waals surface area (Å²) in [6.07, 6.45) is 4.85. The third-order valence-corrected chi connectivity index (χ3v) is 5.82. The first-order chi connectivity index (χ1) is 17.0. The maximum Gasteiger partial charge on any atom is 0.374 e. The number of rotatable bonds is 10. The van der Waals surface area contributed by atoms with Crippen LogP contribution < -0.4 is 5.32 Å². The molecule has 180 valence electrons. The van der Waals surface area contributed by atoms with E-state index in [2.05, 4.69) is 16.4 Å². The number of aromatic amines is 1. The van der Waals surface area contributed by atoms with Gasteiger partial charge >= 0.3 is 5.97 Å². The van der Waals surface area contributed by atoms with Crippen molar-refractivity contribution in [3.05, 3.63) is 65.5 Å². The van der Waals surface area contributed by atoms with E-state index in [1.165, 1.54) is 5.56 Å². The third kappa shape index (κ3) is 5.89. The molecular formula is C27H28N4O4. The minimum absolute atomic E-state index is 0.110. The first-order valence-corrected chi connectivity index (χ1v) is 11.7. The van der Waals surface area contributed by atoms with Gasteiger partial charge in [-0.25, -0.2) is 4.79 Å². The molecule has 2 aromatic carbocycles. The highest BCUT2D eigenvalue weighted by atomic mass is 16.5. The van der Waals surface area contributed by atoms with Crippen molar-refractivity contribution in [2.24, 2.45) is 0 Å². The molecule has 2 heterocycles. The zero-order valence-electron chi connectivity index (χ0n) is 19.9. The van der Waals surface area contributed by atoms with E-state index in [-0.39, 0.29) is 24.8 Å². The number of amides is 1. The molecule has 0 radical (unpaired) electrons. The molecule has 0 saturated carbocycles. The lowest BCUT2D eigenvalue weighted by molar-refractivity contribution is -0.117. The molecule has 0 spiro atoms. The normalized spacial score (nSPS) is 11.1. The van der Waals surface area contributed by atoms with Gasteiger partial charge in [-0.3, -0.25) is 9.69 Å². The van der Waals surface area contributed by atoms with E-state index in [1.54, 1.807) is 31.2 Å². The van der Waals surface area contributed by atoms with Crippen LogP contribution in [-0.2, 0) is 16.0 Å². The van der Waals surface area contributed by atoms with Gasteiger partial charge in [0.05, 0.1) is 24.8 Å². The average molecular weight is 473 g/mol. The molecule has 2 N–H and O–H groups in total. The Bertz CT molecular complexity index is 1400. The lowest BCUT2D eigenvalue weighted by Crippen LogP contribution is -2.30. The minimum Gasteiger partial charge on any atom is -0.460 e. The van der Waals surface area contributed by atoms with Crippen molar-refractivity contribution in [3.8, 4) is 6.07 Å².